The van der Waals surface area contributed by atoms with Crippen LogP contribution in [0.1, 0.15) is 17.0 Å². The van der Waals surface area contributed by atoms with Gasteiger partial charge < -0.3 is 0 Å². The summed E-state index contributed by atoms with van der Waals surface area (Å²) in [7, 11) is 0. The largest absolute Gasteiger partial charge is 0.261 e. The van der Waals surface area contributed by atoms with E-state index in [0.29, 0.717) is 0 Å². The highest BCUT2D eigenvalue weighted by atomic mass is 14.8. The predicted octanol–water partition coefficient (Wildman–Crippen LogP) is 3.12. The summed E-state index contributed by atoms with van der Waals surface area (Å²) in [6.07, 6.45) is 7.01. The summed E-state index contributed by atoms with van der Waals surface area (Å²) >= 11 is 0. The first-order valence-corrected chi connectivity index (χ1v) is 6.43. The topological polar surface area (TPSA) is 38.7 Å². The summed E-state index contributed by atoms with van der Waals surface area (Å²) in [5, 5.41) is 1.23. The first kappa shape index (κ1) is 11.8. The monoisotopic (exact) mass is 249 g/mol. The van der Waals surface area contributed by atoms with E-state index in [4.69, 9.17) is 4.98 Å². The van der Waals surface area contributed by atoms with E-state index in [1.165, 1.54) is 10.9 Å². The van der Waals surface area contributed by atoms with Gasteiger partial charge in [-0.3, -0.25) is 15.0 Å². The Morgan fingerprint density at radius 1 is 1.00 bits per heavy atom. The Balaban J connectivity index is 1.85. The van der Waals surface area contributed by atoms with Crippen LogP contribution in [0.25, 0.3) is 10.9 Å². The summed E-state index contributed by atoms with van der Waals surface area (Å²) in [6.45, 7) is 2.13. The van der Waals surface area contributed by atoms with Crippen molar-refractivity contribution in [1.82, 2.24) is 15.0 Å². The Hall–Kier alpha value is -2.29. The number of pyridine rings is 1. The first-order valence-electron chi connectivity index (χ1n) is 6.43. The van der Waals surface area contributed by atoms with E-state index in [-0.39, 0.29) is 0 Å². The lowest BCUT2D eigenvalue weighted by atomic mass is 10.1. The molecule has 0 unspecified atom stereocenters. The minimum absolute atomic E-state index is 0.874. The van der Waals surface area contributed by atoms with Crippen LogP contribution in [-0.4, -0.2) is 15.0 Å². The van der Waals surface area contributed by atoms with Gasteiger partial charge in [0.25, 0.3) is 0 Å². The molecule has 0 saturated carbocycles. The highest BCUT2D eigenvalue weighted by Gasteiger charge is 2.03. The molecule has 3 rings (SSSR count). The SMILES string of the molecule is Cc1cc(CCc2cnccn2)nc2ccccc12. The number of aryl methyl sites for hydroxylation is 3. The minimum Gasteiger partial charge on any atom is -0.261 e. The van der Waals surface area contributed by atoms with E-state index in [2.05, 4.69) is 41.2 Å². The average Bonchev–Trinajstić information content (AvgIpc) is 2.46. The predicted molar refractivity (Wildman–Crippen MR) is 75.9 cm³/mol. The zero-order valence-corrected chi connectivity index (χ0v) is 10.9. The van der Waals surface area contributed by atoms with Gasteiger partial charge in [0, 0.05) is 29.7 Å². The zero-order chi connectivity index (χ0) is 13.1. The number of benzene rings is 1. The van der Waals surface area contributed by atoms with Crippen LogP contribution < -0.4 is 0 Å². The van der Waals surface area contributed by atoms with Crippen LogP contribution in [0.3, 0.4) is 0 Å². The molecule has 0 bridgehead atoms. The maximum atomic E-state index is 4.70. The molecule has 0 fully saturated rings. The van der Waals surface area contributed by atoms with Crippen molar-refractivity contribution < 1.29 is 0 Å². The number of nitrogens with zero attached hydrogens (tertiary/aromatic N) is 3. The molecule has 94 valence electrons. The third kappa shape index (κ3) is 2.60. The standard InChI is InChI=1S/C16H15N3/c1-12-10-13(6-7-14-11-17-8-9-18-14)19-16-5-3-2-4-15(12)16/h2-5,8-11H,6-7H2,1H3. The summed E-state index contributed by atoms with van der Waals surface area (Å²) in [5.74, 6) is 0. The molecule has 0 radical (unpaired) electrons. The van der Waals surface area contributed by atoms with Crippen LogP contribution in [0.5, 0.6) is 0 Å². The molecular formula is C16H15N3. The Kier molecular flexibility index (Phi) is 3.19. The van der Waals surface area contributed by atoms with E-state index < -0.39 is 0 Å². The lowest BCUT2D eigenvalue weighted by Crippen LogP contribution is -1.98. The maximum absolute atomic E-state index is 4.70. The van der Waals surface area contributed by atoms with Gasteiger partial charge >= 0.3 is 0 Å². The second kappa shape index (κ2) is 5.14. The van der Waals surface area contributed by atoms with Gasteiger partial charge in [0.1, 0.15) is 0 Å². The van der Waals surface area contributed by atoms with E-state index >= 15 is 0 Å². The number of hydrogen-bond acceptors (Lipinski definition) is 3. The van der Waals surface area contributed by atoms with Gasteiger partial charge in [-0.2, -0.15) is 0 Å². The van der Waals surface area contributed by atoms with Crippen LogP contribution in [0, 0.1) is 6.92 Å². The molecule has 3 heteroatoms. The van der Waals surface area contributed by atoms with Crippen molar-refractivity contribution in [2.45, 2.75) is 19.8 Å². The molecule has 0 amide bonds. The van der Waals surface area contributed by atoms with Gasteiger partial charge in [-0.25, -0.2) is 0 Å². The normalized spacial score (nSPS) is 10.8. The number of rotatable bonds is 3. The summed E-state index contributed by atoms with van der Waals surface area (Å²) < 4.78 is 0. The molecule has 0 aliphatic heterocycles. The van der Waals surface area contributed by atoms with Gasteiger partial charge in [-0.05, 0) is 37.5 Å². The minimum atomic E-state index is 0.874. The molecule has 0 atom stereocenters. The summed E-state index contributed by atoms with van der Waals surface area (Å²) in [6, 6.07) is 10.4. The van der Waals surface area contributed by atoms with Crippen LogP contribution in [0.15, 0.2) is 48.9 Å². The smallest absolute Gasteiger partial charge is 0.0707 e. The Morgan fingerprint density at radius 3 is 2.68 bits per heavy atom. The molecule has 3 nitrogen and oxygen atoms in total. The van der Waals surface area contributed by atoms with Crippen molar-refractivity contribution in [3.8, 4) is 0 Å². The second-order valence-corrected chi connectivity index (χ2v) is 4.64. The molecule has 0 spiro atoms. The van der Waals surface area contributed by atoms with Gasteiger partial charge in [0.2, 0.25) is 0 Å². The summed E-state index contributed by atoms with van der Waals surface area (Å²) in [5.41, 5.74) is 4.47. The maximum Gasteiger partial charge on any atom is 0.0707 e. The molecule has 0 aliphatic rings. The highest BCUT2D eigenvalue weighted by Crippen LogP contribution is 2.18. The number of para-hydroxylation sites is 1. The second-order valence-electron chi connectivity index (χ2n) is 4.64. The van der Waals surface area contributed by atoms with Gasteiger partial charge in [0.05, 0.1) is 11.2 Å². The van der Waals surface area contributed by atoms with Crippen LogP contribution in [-0.2, 0) is 12.8 Å². The van der Waals surface area contributed by atoms with Crippen molar-refractivity contribution in [3.63, 3.8) is 0 Å². The molecule has 3 aromatic rings. The van der Waals surface area contributed by atoms with Crippen molar-refractivity contribution in [2.24, 2.45) is 0 Å². The fourth-order valence-corrected chi connectivity index (χ4v) is 2.26. The summed E-state index contributed by atoms with van der Waals surface area (Å²) in [4.78, 5) is 13.1. The average molecular weight is 249 g/mol. The van der Waals surface area contributed by atoms with E-state index in [1.54, 1.807) is 12.4 Å². The van der Waals surface area contributed by atoms with Crippen LogP contribution in [0.4, 0.5) is 0 Å². The zero-order valence-electron chi connectivity index (χ0n) is 10.9. The number of aromatic nitrogens is 3. The molecule has 2 aromatic heterocycles. The Labute approximate surface area is 112 Å². The molecule has 0 saturated heterocycles. The van der Waals surface area contributed by atoms with E-state index in [9.17, 15) is 0 Å². The third-order valence-corrected chi connectivity index (χ3v) is 3.23. The molecule has 1 aromatic carbocycles. The molecule has 0 aliphatic carbocycles. The Morgan fingerprint density at radius 2 is 1.84 bits per heavy atom. The van der Waals surface area contributed by atoms with E-state index in [1.807, 2.05) is 12.3 Å². The fraction of sp³-hybridized carbons (Fsp3) is 0.188. The highest BCUT2D eigenvalue weighted by molar-refractivity contribution is 5.81. The Bertz CT molecular complexity index is 693. The van der Waals surface area contributed by atoms with Crippen molar-refractivity contribution in [3.05, 3.63) is 65.9 Å². The molecule has 2 heterocycles. The van der Waals surface area contributed by atoms with E-state index in [0.717, 1.165) is 29.7 Å². The lowest BCUT2D eigenvalue weighted by molar-refractivity contribution is 0.873. The van der Waals surface area contributed by atoms with Gasteiger partial charge in [-0.15, -0.1) is 0 Å². The van der Waals surface area contributed by atoms with Crippen molar-refractivity contribution in [2.75, 3.05) is 0 Å². The molecule has 19 heavy (non-hydrogen) atoms. The number of fused-ring (bicyclic) bond motifs is 1. The van der Waals surface area contributed by atoms with Gasteiger partial charge in [-0.1, -0.05) is 18.2 Å². The quantitative estimate of drug-likeness (QED) is 0.716. The number of hydrogen-bond donors (Lipinski definition) is 0. The van der Waals surface area contributed by atoms with Gasteiger partial charge in [0.15, 0.2) is 0 Å². The first-order chi connectivity index (χ1) is 9.33. The van der Waals surface area contributed by atoms with Crippen LogP contribution >= 0.6 is 0 Å². The van der Waals surface area contributed by atoms with Crippen LogP contribution in [0.2, 0.25) is 0 Å². The fourth-order valence-electron chi connectivity index (χ4n) is 2.26. The third-order valence-electron chi connectivity index (χ3n) is 3.23. The van der Waals surface area contributed by atoms with Crippen molar-refractivity contribution >= 4 is 10.9 Å². The van der Waals surface area contributed by atoms with Crippen molar-refractivity contribution in [1.29, 1.82) is 0 Å². The molecular weight excluding hydrogens is 234 g/mol. The molecule has 0 N–H and O–H groups in total. The lowest BCUT2D eigenvalue weighted by Gasteiger charge is -2.06.